The van der Waals surface area contributed by atoms with E-state index in [1.54, 1.807) is 21.3 Å². The lowest BCUT2D eigenvalue weighted by molar-refractivity contribution is -0.0683. The normalized spacial score (nSPS) is 24.7. The van der Waals surface area contributed by atoms with Crippen LogP contribution in [0.5, 0.6) is 17.2 Å². The Kier molecular flexibility index (Phi) is 5.89. The zero-order chi connectivity index (χ0) is 21.2. The number of methoxy groups -OCH3 is 3. The molecule has 156 valence electrons. The van der Waals surface area contributed by atoms with Crippen molar-refractivity contribution in [1.29, 1.82) is 0 Å². The number of hydrogen-bond acceptors (Lipinski definition) is 6. The van der Waals surface area contributed by atoms with E-state index in [0.717, 1.165) is 22.4 Å². The van der Waals surface area contributed by atoms with Gasteiger partial charge in [0.15, 0.2) is 11.5 Å². The predicted octanol–water partition coefficient (Wildman–Crippen LogP) is 2.99. The van der Waals surface area contributed by atoms with Crippen molar-refractivity contribution in [3.05, 3.63) is 59.7 Å². The molecule has 0 saturated heterocycles. The van der Waals surface area contributed by atoms with Gasteiger partial charge in [0.1, 0.15) is 11.5 Å². The zero-order valence-corrected chi connectivity index (χ0v) is 17.7. The van der Waals surface area contributed by atoms with Gasteiger partial charge < -0.3 is 25.1 Å². The lowest BCUT2D eigenvalue weighted by atomic mass is 9.75. The standard InChI is InChI=1S/C23H30N2O4/c1-6-22(26)14-19(16-7-10-18(27-3)11-8-16)23(24,15-25(22)2)17-9-12-20(28-4)21(13-17)29-5/h7-14,26H,6,15,24H2,1-5H3/t22?,23-/m0/s1. The fourth-order valence-electron chi connectivity index (χ4n) is 3.91. The second kappa shape index (κ2) is 8.06. The van der Waals surface area contributed by atoms with Crippen LogP contribution in [0.3, 0.4) is 0 Å². The number of likely N-dealkylation sites (N-methyl/N-ethyl adjacent to an activating group) is 1. The maximum atomic E-state index is 11.2. The molecule has 2 aromatic carbocycles. The number of aliphatic hydroxyl groups is 1. The van der Waals surface area contributed by atoms with Gasteiger partial charge >= 0.3 is 0 Å². The highest BCUT2D eigenvalue weighted by Gasteiger charge is 2.44. The van der Waals surface area contributed by atoms with Gasteiger partial charge in [0, 0.05) is 6.54 Å². The Morgan fingerprint density at radius 1 is 1.00 bits per heavy atom. The summed E-state index contributed by atoms with van der Waals surface area (Å²) in [6.45, 7) is 2.39. The number of nitrogens with two attached hydrogens (primary N) is 1. The zero-order valence-electron chi connectivity index (χ0n) is 17.7. The molecule has 3 N–H and O–H groups in total. The molecule has 2 atom stereocenters. The minimum atomic E-state index is -1.07. The summed E-state index contributed by atoms with van der Waals surface area (Å²) in [6.07, 6.45) is 2.42. The van der Waals surface area contributed by atoms with Crippen molar-refractivity contribution >= 4 is 5.57 Å². The minimum absolute atomic E-state index is 0.435. The van der Waals surface area contributed by atoms with Crippen LogP contribution in [0.4, 0.5) is 0 Å². The van der Waals surface area contributed by atoms with Gasteiger partial charge in [0.05, 0.1) is 26.9 Å². The van der Waals surface area contributed by atoms with E-state index in [4.69, 9.17) is 19.9 Å². The van der Waals surface area contributed by atoms with Gasteiger partial charge in [-0.3, -0.25) is 4.90 Å². The van der Waals surface area contributed by atoms with Crippen LogP contribution in [-0.2, 0) is 5.54 Å². The van der Waals surface area contributed by atoms with Crippen molar-refractivity contribution in [3.63, 3.8) is 0 Å². The molecule has 0 aliphatic carbocycles. The summed E-state index contributed by atoms with van der Waals surface area (Å²) >= 11 is 0. The summed E-state index contributed by atoms with van der Waals surface area (Å²) in [5.41, 5.74) is 7.80. The highest BCUT2D eigenvalue weighted by atomic mass is 16.5. The molecule has 1 heterocycles. The third-order valence-electron chi connectivity index (χ3n) is 5.82. The van der Waals surface area contributed by atoms with Gasteiger partial charge in [0.2, 0.25) is 0 Å². The second-order valence-corrected chi connectivity index (χ2v) is 7.42. The number of benzene rings is 2. The topological polar surface area (TPSA) is 77.2 Å². The van der Waals surface area contributed by atoms with Crippen LogP contribution >= 0.6 is 0 Å². The van der Waals surface area contributed by atoms with Crippen molar-refractivity contribution in [1.82, 2.24) is 4.90 Å². The summed E-state index contributed by atoms with van der Waals surface area (Å²) in [5, 5.41) is 11.2. The SMILES string of the molecule is CCC1(O)C=C(c2ccc(OC)cc2)[C@@](N)(c2ccc(OC)c(OC)c2)CN1C. The van der Waals surface area contributed by atoms with Crippen LogP contribution in [0.25, 0.3) is 5.57 Å². The second-order valence-electron chi connectivity index (χ2n) is 7.42. The molecule has 0 spiro atoms. The molecule has 0 amide bonds. The van der Waals surface area contributed by atoms with E-state index >= 15 is 0 Å². The van der Waals surface area contributed by atoms with Crippen molar-refractivity contribution in [2.75, 3.05) is 34.9 Å². The van der Waals surface area contributed by atoms with Gasteiger partial charge in [-0.15, -0.1) is 0 Å². The fourth-order valence-corrected chi connectivity index (χ4v) is 3.91. The Morgan fingerprint density at radius 2 is 1.66 bits per heavy atom. The smallest absolute Gasteiger partial charge is 0.161 e. The summed E-state index contributed by atoms with van der Waals surface area (Å²) in [6, 6.07) is 13.4. The molecule has 0 fully saturated rings. The van der Waals surface area contributed by atoms with E-state index in [1.807, 2.05) is 67.4 Å². The highest BCUT2D eigenvalue weighted by Crippen LogP contribution is 2.44. The fraction of sp³-hybridized carbons (Fsp3) is 0.391. The number of ether oxygens (including phenoxy) is 3. The van der Waals surface area contributed by atoms with Crippen molar-refractivity contribution < 1.29 is 19.3 Å². The Hall–Kier alpha value is -2.54. The van der Waals surface area contributed by atoms with Crippen LogP contribution in [-0.4, -0.2) is 50.7 Å². The average Bonchev–Trinajstić information content (AvgIpc) is 2.76. The minimum Gasteiger partial charge on any atom is -0.497 e. The first-order valence-electron chi connectivity index (χ1n) is 9.64. The van der Waals surface area contributed by atoms with E-state index in [-0.39, 0.29) is 0 Å². The highest BCUT2D eigenvalue weighted by molar-refractivity contribution is 5.77. The first-order chi connectivity index (χ1) is 13.8. The summed E-state index contributed by atoms with van der Waals surface area (Å²) in [7, 11) is 6.73. The van der Waals surface area contributed by atoms with E-state index in [1.165, 1.54) is 0 Å². The van der Waals surface area contributed by atoms with Crippen molar-refractivity contribution in [2.45, 2.75) is 24.6 Å². The van der Waals surface area contributed by atoms with Gasteiger partial charge in [0.25, 0.3) is 0 Å². The first-order valence-corrected chi connectivity index (χ1v) is 9.64. The molecular formula is C23H30N2O4. The lowest BCUT2D eigenvalue weighted by Gasteiger charge is -2.47. The quantitative estimate of drug-likeness (QED) is 0.779. The van der Waals surface area contributed by atoms with Gasteiger partial charge in [-0.25, -0.2) is 0 Å². The predicted molar refractivity (Wildman–Crippen MR) is 114 cm³/mol. The van der Waals surface area contributed by atoms with E-state index < -0.39 is 11.3 Å². The van der Waals surface area contributed by atoms with Gasteiger partial charge in [-0.2, -0.15) is 0 Å². The van der Waals surface area contributed by atoms with E-state index in [2.05, 4.69) is 0 Å². The molecular weight excluding hydrogens is 368 g/mol. The summed E-state index contributed by atoms with van der Waals surface area (Å²) in [4.78, 5) is 1.89. The largest absolute Gasteiger partial charge is 0.497 e. The molecule has 0 radical (unpaired) electrons. The van der Waals surface area contributed by atoms with Gasteiger partial charge in [-0.1, -0.05) is 25.1 Å². The number of nitrogens with zero attached hydrogens (tertiary/aromatic N) is 1. The maximum Gasteiger partial charge on any atom is 0.161 e. The molecule has 3 rings (SSSR count). The Balaban J connectivity index is 2.19. The summed E-state index contributed by atoms with van der Waals surface area (Å²) < 4.78 is 16.2. The molecule has 6 nitrogen and oxygen atoms in total. The molecule has 0 aromatic heterocycles. The monoisotopic (exact) mass is 398 g/mol. The molecule has 1 unspecified atom stereocenters. The average molecular weight is 399 g/mol. The van der Waals surface area contributed by atoms with E-state index in [0.29, 0.717) is 24.5 Å². The molecule has 29 heavy (non-hydrogen) atoms. The van der Waals surface area contributed by atoms with Crippen molar-refractivity contribution in [3.8, 4) is 17.2 Å². The van der Waals surface area contributed by atoms with Crippen LogP contribution in [0.2, 0.25) is 0 Å². The molecule has 1 aliphatic heterocycles. The Bertz CT molecular complexity index is 896. The van der Waals surface area contributed by atoms with E-state index in [9.17, 15) is 5.11 Å². The molecule has 0 saturated carbocycles. The number of rotatable bonds is 6. The summed E-state index contributed by atoms with van der Waals surface area (Å²) in [5.74, 6) is 2.02. The first kappa shape index (κ1) is 21.2. The lowest BCUT2D eigenvalue weighted by Crippen LogP contribution is -2.58. The number of hydrogen-bond donors (Lipinski definition) is 2. The van der Waals surface area contributed by atoms with Gasteiger partial charge in [-0.05, 0) is 60.5 Å². The van der Waals surface area contributed by atoms with Crippen LogP contribution < -0.4 is 19.9 Å². The third-order valence-corrected chi connectivity index (χ3v) is 5.82. The van der Waals surface area contributed by atoms with Crippen LogP contribution in [0.1, 0.15) is 24.5 Å². The maximum absolute atomic E-state index is 11.2. The third kappa shape index (κ3) is 3.71. The Morgan fingerprint density at radius 3 is 2.21 bits per heavy atom. The molecule has 6 heteroatoms. The Labute approximate surface area is 172 Å². The molecule has 1 aliphatic rings. The van der Waals surface area contributed by atoms with Crippen LogP contribution in [0, 0.1) is 0 Å². The molecule has 0 bridgehead atoms. The van der Waals surface area contributed by atoms with Crippen molar-refractivity contribution in [2.24, 2.45) is 5.73 Å². The van der Waals surface area contributed by atoms with Crippen LogP contribution in [0.15, 0.2) is 48.5 Å². The molecule has 2 aromatic rings.